The number of hydrogen-bond donors (Lipinski definition) is 2. The van der Waals surface area contributed by atoms with Crippen LogP contribution in [0.5, 0.6) is 0 Å². The van der Waals surface area contributed by atoms with E-state index in [1.54, 1.807) is 0 Å². The van der Waals surface area contributed by atoms with Crippen molar-refractivity contribution in [3.05, 3.63) is 29.8 Å². The summed E-state index contributed by atoms with van der Waals surface area (Å²) < 4.78 is 0. The summed E-state index contributed by atoms with van der Waals surface area (Å²) in [6.45, 7) is 3.11. The second-order valence-corrected chi connectivity index (χ2v) is 5.29. The van der Waals surface area contributed by atoms with Crippen molar-refractivity contribution in [2.45, 2.75) is 12.8 Å². The van der Waals surface area contributed by atoms with Gasteiger partial charge in [0.25, 0.3) is 5.91 Å². The zero-order chi connectivity index (χ0) is 13.7. The van der Waals surface area contributed by atoms with E-state index < -0.39 is 0 Å². The molecule has 1 aromatic carbocycles. The van der Waals surface area contributed by atoms with Crippen molar-refractivity contribution in [1.29, 1.82) is 0 Å². The number of likely N-dealkylation sites (tertiary alicyclic amines) is 1. The predicted molar refractivity (Wildman–Crippen MR) is 78.5 cm³/mol. The topological polar surface area (TPSA) is 44.4 Å². The van der Waals surface area contributed by atoms with Crippen molar-refractivity contribution in [3.63, 3.8) is 0 Å². The van der Waals surface area contributed by atoms with E-state index in [1.807, 2.05) is 31.3 Å². The first-order valence-corrected chi connectivity index (χ1v) is 6.93. The van der Waals surface area contributed by atoms with Gasteiger partial charge < -0.3 is 15.5 Å². The molecule has 1 saturated heterocycles. The molecular weight excluding hydrogens is 238 g/mol. The number of nitrogens with zero attached hydrogens (tertiary/aromatic N) is 1. The van der Waals surface area contributed by atoms with Crippen molar-refractivity contribution in [2.75, 3.05) is 39.0 Å². The molecule has 104 valence electrons. The first-order chi connectivity index (χ1) is 9.19. The lowest BCUT2D eigenvalue weighted by Gasteiger charge is -2.11. The quantitative estimate of drug-likeness (QED) is 0.849. The van der Waals surface area contributed by atoms with E-state index in [0.29, 0.717) is 0 Å². The number of anilines is 1. The van der Waals surface area contributed by atoms with Crippen molar-refractivity contribution >= 4 is 11.6 Å². The molecule has 0 radical (unpaired) electrons. The molecule has 1 amide bonds. The highest BCUT2D eigenvalue weighted by atomic mass is 16.1. The van der Waals surface area contributed by atoms with Crippen LogP contribution in [0.3, 0.4) is 0 Å². The fourth-order valence-electron chi connectivity index (χ4n) is 2.54. The summed E-state index contributed by atoms with van der Waals surface area (Å²) in [6.07, 6.45) is 2.33. The number of hydrogen-bond acceptors (Lipinski definition) is 3. The van der Waals surface area contributed by atoms with Gasteiger partial charge in [-0.15, -0.1) is 0 Å². The Hall–Kier alpha value is -1.55. The minimum absolute atomic E-state index is 0.0222. The van der Waals surface area contributed by atoms with Crippen LogP contribution in [0.1, 0.15) is 23.2 Å². The first kappa shape index (κ1) is 13.9. The molecule has 1 heterocycles. The van der Waals surface area contributed by atoms with E-state index >= 15 is 0 Å². The summed E-state index contributed by atoms with van der Waals surface area (Å²) in [5.41, 5.74) is 1.74. The molecule has 1 unspecified atom stereocenters. The van der Waals surface area contributed by atoms with Crippen LogP contribution in [0.15, 0.2) is 24.3 Å². The Morgan fingerprint density at radius 2 is 2.11 bits per heavy atom. The third kappa shape index (κ3) is 3.96. The summed E-state index contributed by atoms with van der Waals surface area (Å²) in [5.74, 6) is 0.756. The van der Waals surface area contributed by atoms with E-state index in [2.05, 4.69) is 22.6 Å². The van der Waals surface area contributed by atoms with E-state index in [4.69, 9.17) is 0 Å². The smallest absolute Gasteiger partial charge is 0.251 e. The third-order valence-electron chi connectivity index (χ3n) is 3.76. The van der Waals surface area contributed by atoms with Gasteiger partial charge in [-0.3, -0.25) is 4.79 Å². The predicted octanol–water partition coefficient (Wildman–Crippen LogP) is 1.80. The molecule has 2 N–H and O–H groups in total. The van der Waals surface area contributed by atoms with Crippen LogP contribution < -0.4 is 10.6 Å². The maximum Gasteiger partial charge on any atom is 0.251 e. The molecule has 4 heteroatoms. The zero-order valence-electron chi connectivity index (χ0n) is 11.8. The number of benzene rings is 1. The molecule has 0 aliphatic carbocycles. The normalized spacial score (nSPS) is 19.4. The lowest BCUT2D eigenvalue weighted by molar-refractivity contribution is 0.0951. The molecule has 2 rings (SSSR count). The van der Waals surface area contributed by atoms with Gasteiger partial charge in [0.05, 0.1) is 0 Å². The third-order valence-corrected chi connectivity index (χ3v) is 3.76. The molecule has 19 heavy (non-hydrogen) atoms. The average molecular weight is 261 g/mol. The minimum Gasteiger partial charge on any atom is -0.388 e. The summed E-state index contributed by atoms with van der Waals surface area (Å²) in [7, 11) is 4.02. The highest BCUT2D eigenvalue weighted by molar-refractivity contribution is 5.94. The first-order valence-electron chi connectivity index (χ1n) is 6.93. The molecular formula is C15H23N3O. The van der Waals surface area contributed by atoms with Gasteiger partial charge in [-0.05, 0) is 56.6 Å². The Morgan fingerprint density at radius 1 is 1.37 bits per heavy atom. The Balaban J connectivity index is 1.74. The molecule has 0 aromatic heterocycles. The Labute approximate surface area is 115 Å². The van der Waals surface area contributed by atoms with Crippen LogP contribution in [0.2, 0.25) is 0 Å². The maximum absolute atomic E-state index is 11.9. The Morgan fingerprint density at radius 3 is 2.68 bits per heavy atom. The molecule has 0 bridgehead atoms. The van der Waals surface area contributed by atoms with Crippen LogP contribution in [0.4, 0.5) is 5.69 Å². The van der Waals surface area contributed by atoms with Gasteiger partial charge in [0.1, 0.15) is 0 Å². The van der Waals surface area contributed by atoms with E-state index in [1.165, 1.54) is 13.0 Å². The number of nitrogens with one attached hydrogen (secondary N) is 2. The van der Waals surface area contributed by atoms with Crippen molar-refractivity contribution in [2.24, 2.45) is 5.92 Å². The summed E-state index contributed by atoms with van der Waals surface area (Å²) in [5, 5.41) is 6.04. The zero-order valence-corrected chi connectivity index (χ0v) is 11.8. The number of rotatable bonds is 5. The molecule has 0 spiro atoms. The van der Waals surface area contributed by atoms with Crippen molar-refractivity contribution in [1.82, 2.24) is 10.2 Å². The van der Waals surface area contributed by atoms with Crippen molar-refractivity contribution < 1.29 is 4.79 Å². The van der Waals surface area contributed by atoms with Crippen LogP contribution in [0.25, 0.3) is 0 Å². The Kier molecular flexibility index (Phi) is 4.80. The SMILES string of the molecule is CNc1ccc(C(=O)NCCC2CCN(C)C2)cc1. The lowest BCUT2D eigenvalue weighted by atomic mass is 10.1. The highest BCUT2D eigenvalue weighted by Gasteiger charge is 2.18. The van der Waals surface area contributed by atoms with Gasteiger partial charge in [-0.1, -0.05) is 0 Å². The van der Waals surface area contributed by atoms with E-state index in [9.17, 15) is 4.79 Å². The standard InChI is InChI=1S/C15H23N3O/c1-16-14-5-3-13(4-6-14)15(19)17-9-7-12-8-10-18(2)11-12/h3-6,12,16H,7-11H2,1-2H3,(H,17,19). The van der Waals surface area contributed by atoms with Crippen LogP contribution >= 0.6 is 0 Å². The Bertz CT molecular complexity index is 416. The van der Waals surface area contributed by atoms with Gasteiger partial charge in [0.2, 0.25) is 0 Å². The van der Waals surface area contributed by atoms with Gasteiger partial charge in [0.15, 0.2) is 0 Å². The summed E-state index contributed by atoms with van der Waals surface area (Å²) >= 11 is 0. The lowest BCUT2D eigenvalue weighted by Crippen LogP contribution is -2.26. The van der Waals surface area contributed by atoms with Gasteiger partial charge >= 0.3 is 0 Å². The number of carbonyl (C=O) groups excluding carboxylic acids is 1. The summed E-state index contributed by atoms with van der Waals surface area (Å²) in [4.78, 5) is 14.3. The van der Waals surface area contributed by atoms with Crippen LogP contribution in [-0.4, -0.2) is 44.5 Å². The van der Waals surface area contributed by atoms with Crippen LogP contribution in [-0.2, 0) is 0 Å². The van der Waals surface area contributed by atoms with Gasteiger partial charge in [-0.2, -0.15) is 0 Å². The number of amides is 1. The molecule has 1 atom stereocenters. The van der Waals surface area contributed by atoms with Gasteiger partial charge in [-0.25, -0.2) is 0 Å². The molecule has 1 aromatic rings. The highest BCUT2D eigenvalue weighted by Crippen LogP contribution is 2.17. The van der Waals surface area contributed by atoms with Gasteiger partial charge in [0, 0.05) is 31.4 Å². The van der Waals surface area contributed by atoms with E-state index in [-0.39, 0.29) is 5.91 Å². The molecule has 1 aliphatic rings. The average Bonchev–Trinajstić information content (AvgIpc) is 2.84. The van der Waals surface area contributed by atoms with Crippen molar-refractivity contribution in [3.8, 4) is 0 Å². The monoisotopic (exact) mass is 261 g/mol. The molecule has 4 nitrogen and oxygen atoms in total. The number of carbonyl (C=O) groups is 1. The fourth-order valence-corrected chi connectivity index (χ4v) is 2.54. The second kappa shape index (κ2) is 6.57. The van der Waals surface area contributed by atoms with Crippen LogP contribution in [0, 0.1) is 5.92 Å². The molecule has 0 saturated carbocycles. The molecule has 1 aliphatic heterocycles. The maximum atomic E-state index is 11.9. The minimum atomic E-state index is 0.0222. The fraction of sp³-hybridized carbons (Fsp3) is 0.533. The second-order valence-electron chi connectivity index (χ2n) is 5.29. The summed E-state index contributed by atoms with van der Waals surface area (Å²) in [6, 6.07) is 7.54. The largest absolute Gasteiger partial charge is 0.388 e. The van der Waals surface area contributed by atoms with E-state index in [0.717, 1.165) is 36.7 Å². The molecule has 1 fully saturated rings.